The Kier molecular flexibility index (Phi) is 5.64. The smallest absolute Gasteiger partial charge is 0.0916 e. The third-order valence-corrected chi connectivity index (χ3v) is 3.94. The van der Waals surface area contributed by atoms with Crippen molar-refractivity contribution < 1.29 is 9.84 Å². The average Bonchev–Trinajstić information content (AvgIpc) is 2.40. The molecule has 19 heavy (non-hydrogen) atoms. The molecule has 2 atom stereocenters. The number of aliphatic hydroxyl groups is 1. The lowest BCUT2D eigenvalue weighted by atomic mass is 9.98. The Labute approximate surface area is 120 Å². The predicted molar refractivity (Wildman–Crippen MR) is 77.5 cm³/mol. The van der Waals surface area contributed by atoms with Gasteiger partial charge in [0, 0.05) is 25.2 Å². The fraction of sp³-hybridized carbons (Fsp3) is 0.600. The number of aliphatic hydroxyl groups excluding tert-OH is 1. The third kappa shape index (κ3) is 4.46. The molecule has 0 saturated carbocycles. The van der Waals surface area contributed by atoms with Crippen molar-refractivity contribution in [2.45, 2.75) is 18.9 Å². The van der Waals surface area contributed by atoms with E-state index in [1.54, 1.807) is 7.11 Å². The monoisotopic (exact) mass is 283 g/mol. The second kappa shape index (κ2) is 7.25. The molecule has 1 aromatic carbocycles. The van der Waals surface area contributed by atoms with E-state index < -0.39 is 6.10 Å². The first kappa shape index (κ1) is 14.8. The molecule has 1 aliphatic heterocycles. The Morgan fingerprint density at radius 1 is 1.42 bits per heavy atom. The molecule has 3 nitrogen and oxygen atoms in total. The maximum atomic E-state index is 10.3. The summed E-state index contributed by atoms with van der Waals surface area (Å²) in [5.74, 6) is 0.594. The van der Waals surface area contributed by atoms with Gasteiger partial charge < -0.3 is 14.7 Å². The first-order valence-electron chi connectivity index (χ1n) is 6.84. The van der Waals surface area contributed by atoms with Crippen LogP contribution in [0.4, 0.5) is 0 Å². The Bertz CT molecular complexity index is 380. The number of ether oxygens (including phenoxy) is 1. The molecule has 0 bridgehead atoms. The summed E-state index contributed by atoms with van der Waals surface area (Å²) in [6.07, 6.45) is 1.96. The number of methoxy groups -OCH3 is 1. The summed E-state index contributed by atoms with van der Waals surface area (Å²) >= 11 is 5.86. The van der Waals surface area contributed by atoms with E-state index >= 15 is 0 Å². The van der Waals surface area contributed by atoms with Crippen LogP contribution in [-0.2, 0) is 4.74 Å². The van der Waals surface area contributed by atoms with E-state index in [1.165, 1.54) is 12.8 Å². The van der Waals surface area contributed by atoms with Gasteiger partial charge in [0.25, 0.3) is 0 Å². The fourth-order valence-corrected chi connectivity index (χ4v) is 2.85. The van der Waals surface area contributed by atoms with Crippen molar-refractivity contribution >= 4 is 11.6 Å². The molecule has 106 valence electrons. The molecule has 0 amide bonds. The van der Waals surface area contributed by atoms with E-state index in [4.69, 9.17) is 16.3 Å². The van der Waals surface area contributed by atoms with Crippen molar-refractivity contribution in [1.82, 2.24) is 4.90 Å². The molecule has 1 N–H and O–H groups in total. The normalized spacial score (nSPS) is 22.4. The van der Waals surface area contributed by atoms with Crippen LogP contribution in [0, 0.1) is 5.92 Å². The standard InChI is InChI=1S/C15H22ClNO2/c1-19-11-12-3-2-8-17(9-12)10-15(18)13-4-6-14(16)7-5-13/h4-7,12,15,18H,2-3,8-11H2,1H3. The number of benzene rings is 1. The predicted octanol–water partition coefficient (Wildman–Crippen LogP) is 2.73. The van der Waals surface area contributed by atoms with Crippen LogP contribution >= 0.6 is 11.6 Å². The van der Waals surface area contributed by atoms with Gasteiger partial charge in [0.15, 0.2) is 0 Å². The Hall–Kier alpha value is -0.610. The summed E-state index contributed by atoms with van der Waals surface area (Å²) in [6, 6.07) is 7.43. The minimum Gasteiger partial charge on any atom is -0.387 e. The number of halogens is 1. The van der Waals surface area contributed by atoms with Crippen LogP contribution < -0.4 is 0 Å². The van der Waals surface area contributed by atoms with E-state index in [2.05, 4.69) is 4.90 Å². The summed E-state index contributed by atoms with van der Waals surface area (Å²) in [5.41, 5.74) is 0.929. The minimum absolute atomic E-state index is 0.446. The number of likely N-dealkylation sites (tertiary alicyclic amines) is 1. The van der Waals surface area contributed by atoms with Gasteiger partial charge in [-0.3, -0.25) is 0 Å². The number of nitrogens with zero attached hydrogens (tertiary/aromatic N) is 1. The molecular weight excluding hydrogens is 262 g/mol. The van der Waals surface area contributed by atoms with E-state index in [-0.39, 0.29) is 0 Å². The number of hydrogen-bond acceptors (Lipinski definition) is 3. The van der Waals surface area contributed by atoms with Crippen molar-refractivity contribution in [3.8, 4) is 0 Å². The maximum absolute atomic E-state index is 10.3. The van der Waals surface area contributed by atoms with E-state index in [9.17, 15) is 5.11 Å². The molecule has 4 heteroatoms. The largest absolute Gasteiger partial charge is 0.387 e. The van der Waals surface area contributed by atoms with Crippen molar-refractivity contribution in [3.63, 3.8) is 0 Å². The van der Waals surface area contributed by atoms with Gasteiger partial charge in [-0.1, -0.05) is 23.7 Å². The average molecular weight is 284 g/mol. The maximum Gasteiger partial charge on any atom is 0.0916 e. The van der Waals surface area contributed by atoms with Crippen LogP contribution in [0.25, 0.3) is 0 Å². The summed E-state index contributed by atoms with van der Waals surface area (Å²) < 4.78 is 5.23. The van der Waals surface area contributed by atoms with Crippen LogP contribution in [0.3, 0.4) is 0 Å². The highest BCUT2D eigenvalue weighted by Gasteiger charge is 2.22. The summed E-state index contributed by atoms with van der Waals surface area (Å²) in [4.78, 5) is 2.33. The number of β-amino-alcohol motifs (C(OH)–C–C–N with tert-alkyl or cyclic N) is 1. The van der Waals surface area contributed by atoms with Crippen LogP contribution in [0.1, 0.15) is 24.5 Å². The second-order valence-corrected chi connectivity index (χ2v) is 5.73. The highest BCUT2D eigenvalue weighted by atomic mass is 35.5. The zero-order valence-corrected chi connectivity index (χ0v) is 12.1. The molecule has 1 aromatic rings. The molecule has 1 heterocycles. The third-order valence-electron chi connectivity index (χ3n) is 3.69. The van der Waals surface area contributed by atoms with Gasteiger partial charge in [-0.2, -0.15) is 0 Å². The van der Waals surface area contributed by atoms with Crippen molar-refractivity contribution in [3.05, 3.63) is 34.9 Å². The molecule has 1 aliphatic rings. The van der Waals surface area contributed by atoms with Crippen LogP contribution in [0.5, 0.6) is 0 Å². The molecule has 0 aromatic heterocycles. The Morgan fingerprint density at radius 3 is 2.84 bits per heavy atom. The van der Waals surface area contributed by atoms with Crippen LogP contribution in [0.2, 0.25) is 5.02 Å². The SMILES string of the molecule is COCC1CCCN(CC(O)c2ccc(Cl)cc2)C1. The van der Waals surface area contributed by atoms with E-state index in [0.717, 1.165) is 25.3 Å². The first-order valence-corrected chi connectivity index (χ1v) is 7.21. The number of hydrogen-bond donors (Lipinski definition) is 1. The van der Waals surface area contributed by atoms with E-state index in [0.29, 0.717) is 17.5 Å². The van der Waals surface area contributed by atoms with Crippen molar-refractivity contribution in [2.75, 3.05) is 33.4 Å². The van der Waals surface area contributed by atoms with Gasteiger partial charge >= 0.3 is 0 Å². The Balaban J connectivity index is 1.87. The first-order chi connectivity index (χ1) is 9.19. The van der Waals surface area contributed by atoms with Gasteiger partial charge in [-0.15, -0.1) is 0 Å². The molecule has 2 rings (SSSR count). The lowest BCUT2D eigenvalue weighted by Gasteiger charge is -2.33. The topological polar surface area (TPSA) is 32.7 Å². The second-order valence-electron chi connectivity index (χ2n) is 5.29. The molecule has 0 spiro atoms. The van der Waals surface area contributed by atoms with Crippen LogP contribution in [0.15, 0.2) is 24.3 Å². The Morgan fingerprint density at radius 2 is 2.16 bits per heavy atom. The van der Waals surface area contributed by atoms with Gasteiger partial charge in [-0.05, 0) is 43.0 Å². The fourth-order valence-electron chi connectivity index (χ4n) is 2.72. The van der Waals surface area contributed by atoms with Gasteiger partial charge in [0.2, 0.25) is 0 Å². The molecule has 1 saturated heterocycles. The van der Waals surface area contributed by atoms with Crippen molar-refractivity contribution in [2.24, 2.45) is 5.92 Å². The molecule has 1 fully saturated rings. The quantitative estimate of drug-likeness (QED) is 0.902. The molecule has 0 radical (unpaired) electrons. The number of rotatable bonds is 5. The van der Waals surface area contributed by atoms with Gasteiger partial charge in [-0.25, -0.2) is 0 Å². The highest BCUT2D eigenvalue weighted by molar-refractivity contribution is 6.30. The molecule has 2 unspecified atom stereocenters. The number of piperidine rings is 1. The lowest BCUT2D eigenvalue weighted by molar-refractivity contribution is 0.0563. The summed E-state index contributed by atoms with van der Waals surface area (Å²) in [7, 11) is 1.75. The minimum atomic E-state index is -0.446. The summed E-state index contributed by atoms with van der Waals surface area (Å²) in [5, 5.41) is 11.0. The van der Waals surface area contributed by atoms with Gasteiger partial charge in [0.1, 0.15) is 0 Å². The molecular formula is C15H22ClNO2. The zero-order valence-electron chi connectivity index (χ0n) is 11.4. The zero-order chi connectivity index (χ0) is 13.7. The van der Waals surface area contributed by atoms with Crippen LogP contribution in [-0.4, -0.2) is 43.4 Å². The van der Waals surface area contributed by atoms with Gasteiger partial charge in [0.05, 0.1) is 12.7 Å². The lowest BCUT2D eigenvalue weighted by Crippen LogP contribution is -2.39. The van der Waals surface area contributed by atoms with Crippen molar-refractivity contribution in [1.29, 1.82) is 0 Å². The van der Waals surface area contributed by atoms with E-state index in [1.807, 2.05) is 24.3 Å². The molecule has 0 aliphatic carbocycles. The summed E-state index contributed by atoms with van der Waals surface area (Å²) in [6.45, 7) is 3.57. The highest BCUT2D eigenvalue weighted by Crippen LogP contribution is 2.21.